The monoisotopic (exact) mass is 176 g/mol. The summed E-state index contributed by atoms with van der Waals surface area (Å²) >= 11 is 0. The molecule has 68 valence electrons. The van der Waals surface area contributed by atoms with Gasteiger partial charge >= 0.3 is 0 Å². The molecular weight excluding hydrogens is 164 g/mol. The molecule has 0 radical (unpaired) electrons. The normalized spacial score (nSPS) is 11.6. The molecule has 1 atom stereocenters. The first-order valence-corrected chi connectivity index (χ1v) is 4.08. The number of nitrogens with two attached hydrogens (primary N) is 1. The van der Waals surface area contributed by atoms with Crippen LogP contribution >= 0.6 is 0 Å². The van der Waals surface area contributed by atoms with E-state index in [1.807, 2.05) is 12.1 Å². The molecule has 0 aliphatic rings. The molecule has 1 rings (SSSR count). The summed E-state index contributed by atoms with van der Waals surface area (Å²) in [4.78, 5) is 4.15. The fourth-order valence-corrected chi connectivity index (χ4v) is 0.841. The first-order valence-electron chi connectivity index (χ1n) is 4.08. The van der Waals surface area contributed by atoms with E-state index >= 15 is 0 Å². The molecule has 1 aromatic heterocycles. The van der Waals surface area contributed by atoms with Crippen LogP contribution in [0, 0.1) is 11.8 Å². The molecule has 0 aliphatic heterocycles. The summed E-state index contributed by atoms with van der Waals surface area (Å²) in [5.41, 5.74) is 6.86. The van der Waals surface area contributed by atoms with Gasteiger partial charge in [0.25, 0.3) is 0 Å². The van der Waals surface area contributed by atoms with Crippen LogP contribution < -0.4 is 5.73 Å². The zero-order chi connectivity index (χ0) is 9.68. The van der Waals surface area contributed by atoms with Crippen LogP contribution in [0.3, 0.4) is 0 Å². The van der Waals surface area contributed by atoms with E-state index in [9.17, 15) is 0 Å². The fraction of sp³-hybridized carbons (Fsp3) is 0.300. The number of pyridine rings is 1. The van der Waals surface area contributed by atoms with E-state index in [4.69, 9.17) is 10.8 Å². The van der Waals surface area contributed by atoms with E-state index in [0.29, 0.717) is 12.2 Å². The Bertz CT molecular complexity index is 336. The van der Waals surface area contributed by atoms with Gasteiger partial charge < -0.3 is 10.8 Å². The van der Waals surface area contributed by atoms with Crippen LogP contribution in [0.4, 0.5) is 0 Å². The second-order valence-electron chi connectivity index (χ2n) is 2.66. The van der Waals surface area contributed by atoms with E-state index in [0.717, 1.165) is 5.69 Å². The molecule has 0 aliphatic carbocycles. The number of rotatable bonds is 1. The van der Waals surface area contributed by atoms with Crippen molar-refractivity contribution in [2.24, 2.45) is 5.73 Å². The molecule has 13 heavy (non-hydrogen) atoms. The molecule has 1 aromatic rings. The number of aliphatic hydroxyl groups excluding tert-OH is 1. The Morgan fingerprint density at radius 2 is 2.38 bits per heavy atom. The minimum atomic E-state index is -0.622. The zero-order valence-corrected chi connectivity index (χ0v) is 7.49. The molecule has 3 N–H and O–H groups in total. The van der Waals surface area contributed by atoms with Crippen molar-refractivity contribution in [2.75, 3.05) is 0 Å². The summed E-state index contributed by atoms with van der Waals surface area (Å²) in [7, 11) is 0. The molecule has 3 heteroatoms. The summed E-state index contributed by atoms with van der Waals surface area (Å²) in [5, 5.41) is 8.91. The van der Waals surface area contributed by atoms with E-state index in [1.165, 1.54) is 0 Å². The van der Waals surface area contributed by atoms with E-state index in [2.05, 4.69) is 16.8 Å². The lowest BCUT2D eigenvalue weighted by atomic mass is 10.3. The third-order valence-electron chi connectivity index (χ3n) is 1.43. The lowest BCUT2D eigenvalue weighted by molar-refractivity contribution is 0.253. The highest BCUT2D eigenvalue weighted by atomic mass is 16.3. The molecule has 0 fully saturated rings. The Hall–Kier alpha value is -1.37. The highest BCUT2D eigenvalue weighted by Crippen LogP contribution is 1.96. The first-order chi connectivity index (χ1) is 6.22. The summed E-state index contributed by atoms with van der Waals surface area (Å²) in [5.74, 6) is 5.37. The van der Waals surface area contributed by atoms with Crippen molar-refractivity contribution in [3.8, 4) is 11.8 Å². The van der Waals surface area contributed by atoms with Crippen LogP contribution in [-0.4, -0.2) is 16.2 Å². The average molecular weight is 176 g/mol. The minimum Gasteiger partial charge on any atom is -0.381 e. The highest BCUT2D eigenvalue weighted by molar-refractivity contribution is 5.29. The molecule has 1 unspecified atom stereocenters. The van der Waals surface area contributed by atoms with Crippen molar-refractivity contribution in [1.82, 2.24) is 4.98 Å². The number of aliphatic hydroxyl groups is 1. The molecule has 0 aromatic carbocycles. The second kappa shape index (κ2) is 4.61. The summed E-state index contributed by atoms with van der Waals surface area (Å²) in [6, 6.07) is 5.48. The maximum Gasteiger partial charge on any atom is 0.113 e. The molecule has 1 heterocycles. The second-order valence-corrected chi connectivity index (χ2v) is 2.66. The Labute approximate surface area is 77.6 Å². The molecule has 0 saturated heterocycles. The van der Waals surface area contributed by atoms with Gasteiger partial charge in [0.15, 0.2) is 0 Å². The smallest absolute Gasteiger partial charge is 0.113 e. The van der Waals surface area contributed by atoms with Gasteiger partial charge in [-0.3, -0.25) is 0 Å². The minimum absolute atomic E-state index is 0.407. The van der Waals surface area contributed by atoms with Gasteiger partial charge in [0, 0.05) is 6.54 Å². The van der Waals surface area contributed by atoms with Crippen molar-refractivity contribution in [1.29, 1.82) is 0 Å². The predicted octanol–water partition coefficient (Wildman–Crippen LogP) is 0.273. The molecule has 0 saturated carbocycles. The van der Waals surface area contributed by atoms with Crippen molar-refractivity contribution >= 4 is 0 Å². The standard InChI is InChI=1S/C10H12N2O/c1-8(13)5-6-9-3-2-4-10(7-11)12-9/h2-4,8,13H,7,11H2,1H3. The Kier molecular flexibility index (Phi) is 3.44. The van der Waals surface area contributed by atoms with Gasteiger partial charge in [-0.15, -0.1) is 0 Å². The molecule has 0 amide bonds. The quantitative estimate of drug-likeness (QED) is 0.604. The fourth-order valence-electron chi connectivity index (χ4n) is 0.841. The topological polar surface area (TPSA) is 59.1 Å². The van der Waals surface area contributed by atoms with Crippen molar-refractivity contribution in [2.45, 2.75) is 19.6 Å². The average Bonchev–Trinajstić information content (AvgIpc) is 2.15. The van der Waals surface area contributed by atoms with Gasteiger partial charge in [0.1, 0.15) is 11.8 Å². The van der Waals surface area contributed by atoms with Crippen molar-refractivity contribution in [3.63, 3.8) is 0 Å². The number of nitrogens with zero attached hydrogens (tertiary/aromatic N) is 1. The lowest BCUT2D eigenvalue weighted by Crippen LogP contribution is -2.00. The third-order valence-corrected chi connectivity index (χ3v) is 1.43. The SMILES string of the molecule is CC(O)C#Cc1cccc(CN)n1. The first kappa shape index (κ1) is 9.72. The number of aromatic nitrogens is 1. The Balaban J connectivity index is 2.85. The van der Waals surface area contributed by atoms with Gasteiger partial charge in [-0.25, -0.2) is 4.98 Å². The lowest BCUT2D eigenvalue weighted by Gasteiger charge is -1.95. The maximum atomic E-state index is 8.91. The van der Waals surface area contributed by atoms with Gasteiger partial charge in [-0.2, -0.15) is 0 Å². The van der Waals surface area contributed by atoms with Gasteiger partial charge in [-0.1, -0.05) is 12.0 Å². The highest BCUT2D eigenvalue weighted by Gasteiger charge is 1.92. The van der Waals surface area contributed by atoms with E-state index in [-0.39, 0.29) is 0 Å². The summed E-state index contributed by atoms with van der Waals surface area (Å²) in [6.45, 7) is 2.02. The predicted molar refractivity (Wildman–Crippen MR) is 50.7 cm³/mol. The maximum absolute atomic E-state index is 8.91. The molecular formula is C10H12N2O. The van der Waals surface area contributed by atoms with Crippen molar-refractivity contribution in [3.05, 3.63) is 29.6 Å². The van der Waals surface area contributed by atoms with Crippen LogP contribution in [0.1, 0.15) is 18.3 Å². The summed E-state index contributed by atoms with van der Waals surface area (Å²) in [6.07, 6.45) is -0.622. The van der Waals surface area contributed by atoms with Gasteiger partial charge in [-0.05, 0) is 25.0 Å². The Morgan fingerprint density at radius 3 is 3.00 bits per heavy atom. The van der Waals surface area contributed by atoms with Crippen LogP contribution in [0.15, 0.2) is 18.2 Å². The third kappa shape index (κ3) is 3.24. The van der Waals surface area contributed by atoms with Crippen LogP contribution in [0.5, 0.6) is 0 Å². The largest absolute Gasteiger partial charge is 0.381 e. The summed E-state index contributed by atoms with van der Waals surface area (Å²) < 4.78 is 0. The van der Waals surface area contributed by atoms with Gasteiger partial charge in [0.05, 0.1) is 5.69 Å². The molecule has 0 spiro atoms. The van der Waals surface area contributed by atoms with Crippen molar-refractivity contribution < 1.29 is 5.11 Å². The van der Waals surface area contributed by atoms with E-state index < -0.39 is 6.10 Å². The Morgan fingerprint density at radius 1 is 1.62 bits per heavy atom. The molecule has 3 nitrogen and oxygen atoms in total. The zero-order valence-electron chi connectivity index (χ0n) is 7.49. The molecule has 0 bridgehead atoms. The number of hydrogen-bond acceptors (Lipinski definition) is 3. The van der Waals surface area contributed by atoms with Crippen LogP contribution in [0.2, 0.25) is 0 Å². The van der Waals surface area contributed by atoms with Gasteiger partial charge in [0.2, 0.25) is 0 Å². The number of hydrogen-bond donors (Lipinski definition) is 2. The van der Waals surface area contributed by atoms with Crippen LogP contribution in [-0.2, 0) is 6.54 Å². The van der Waals surface area contributed by atoms with Crippen LogP contribution in [0.25, 0.3) is 0 Å². The van der Waals surface area contributed by atoms with E-state index in [1.54, 1.807) is 13.0 Å².